The van der Waals surface area contributed by atoms with Gasteiger partial charge < -0.3 is 10.6 Å². The zero-order valence-electron chi connectivity index (χ0n) is 13.2. The van der Waals surface area contributed by atoms with Crippen LogP contribution in [0.1, 0.15) is 45.0 Å². The number of nitrogens with one attached hydrogen (secondary N) is 2. The second-order valence-electron chi connectivity index (χ2n) is 6.43. The van der Waals surface area contributed by atoms with Crippen molar-refractivity contribution >= 4 is 22.4 Å². The molecule has 0 saturated carbocycles. The Morgan fingerprint density at radius 1 is 1.43 bits per heavy atom. The van der Waals surface area contributed by atoms with Crippen LogP contribution in [0, 0.1) is 17.8 Å². The molecule has 0 spiro atoms. The fraction of sp³-hybridized carbons (Fsp3) is 0.800. The Bertz CT molecular complexity index is 454. The molecule has 1 saturated heterocycles. The molecular formula is C15H26N4OS. The first-order valence-electron chi connectivity index (χ1n) is 7.87. The average Bonchev–Trinajstić information content (AvgIpc) is 2.85. The van der Waals surface area contributed by atoms with E-state index >= 15 is 0 Å². The van der Waals surface area contributed by atoms with Crippen LogP contribution in [0.25, 0.3) is 0 Å². The predicted octanol–water partition coefficient (Wildman–Crippen LogP) is 2.70. The molecule has 1 amide bonds. The van der Waals surface area contributed by atoms with Crippen molar-refractivity contribution in [3.63, 3.8) is 0 Å². The van der Waals surface area contributed by atoms with Gasteiger partial charge in [-0.05, 0) is 43.7 Å². The van der Waals surface area contributed by atoms with Crippen LogP contribution in [0.15, 0.2) is 0 Å². The van der Waals surface area contributed by atoms with Crippen molar-refractivity contribution in [2.45, 2.75) is 46.5 Å². The molecule has 1 aliphatic rings. The van der Waals surface area contributed by atoms with Crippen molar-refractivity contribution in [3.05, 3.63) is 5.01 Å². The summed E-state index contributed by atoms with van der Waals surface area (Å²) in [5.41, 5.74) is 0. The third-order valence-electron chi connectivity index (χ3n) is 3.94. The topological polar surface area (TPSA) is 66.9 Å². The Hall–Kier alpha value is -1.01. The first kappa shape index (κ1) is 16.4. The lowest BCUT2D eigenvalue weighted by atomic mass is 9.85. The van der Waals surface area contributed by atoms with Crippen LogP contribution in [-0.4, -0.2) is 29.2 Å². The van der Waals surface area contributed by atoms with E-state index < -0.39 is 0 Å². The van der Waals surface area contributed by atoms with Gasteiger partial charge in [0.05, 0.1) is 0 Å². The smallest absolute Gasteiger partial charge is 0.226 e. The number of carbonyl (C=O) groups is 1. The number of piperidine rings is 1. The molecule has 0 aliphatic carbocycles. The molecular weight excluding hydrogens is 284 g/mol. The van der Waals surface area contributed by atoms with Crippen molar-refractivity contribution in [2.75, 3.05) is 18.4 Å². The first-order chi connectivity index (χ1) is 10.0. The normalized spacial score (nSPS) is 20.5. The summed E-state index contributed by atoms with van der Waals surface area (Å²) >= 11 is 1.49. The highest BCUT2D eigenvalue weighted by atomic mass is 32.1. The zero-order valence-corrected chi connectivity index (χ0v) is 14.0. The van der Waals surface area contributed by atoms with E-state index in [4.69, 9.17) is 0 Å². The lowest BCUT2D eigenvalue weighted by molar-refractivity contribution is -0.117. The summed E-state index contributed by atoms with van der Waals surface area (Å²) < 4.78 is 0. The molecule has 6 heteroatoms. The lowest BCUT2D eigenvalue weighted by Gasteiger charge is -2.27. The number of anilines is 1. The van der Waals surface area contributed by atoms with Gasteiger partial charge in [0.15, 0.2) is 0 Å². The maximum absolute atomic E-state index is 12.1. The SMILES string of the molecule is CC(C)Cc1nnc(NC(=O)CC(C)C2CCCNC2)s1. The molecule has 2 N–H and O–H groups in total. The van der Waals surface area contributed by atoms with Crippen molar-refractivity contribution in [2.24, 2.45) is 17.8 Å². The third-order valence-corrected chi connectivity index (χ3v) is 4.80. The fourth-order valence-corrected chi connectivity index (χ4v) is 3.70. The molecule has 21 heavy (non-hydrogen) atoms. The minimum Gasteiger partial charge on any atom is -0.316 e. The highest BCUT2D eigenvalue weighted by molar-refractivity contribution is 7.15. The van der Waals surface area contributed by atoms with Gasteiger partial charge in [0, 0.05) is 12.8 Å². The van der Waals surface area contributed by atoms with Gasteiger partial charge in [-0.3, -0.25) is 4.79 Å². The lowest BCUT2D eigenvalue weighted by Crippen LogP contribution is -2.34. The van der Waals surface area contributed by atoms with E-state index in [-0.39, 0.29) is 5.91 Å². The Labute approximate surface area is 130 Å². The van der Waals surface area contributed by atoms with E-state index in [0.29, 0.717) is 29.3 Å². The Morgan fingerprint density at radius 3 is 2.90 bits per heavy atom. The molecule has 1 fully saturated rings. The molecule has 0 radical (unpaired) electrons. The van der Waals surface area contributed by atoms with Crippen LogP contribution in [-0.2, 0) is 11.2 Å². The van der Waals surface area contributed by atoms with Gasteiger partial charge in [0.25, 0.3) is 0 Å². The predicted molar refractivity (Wildman–Crippen MR) is 86.5 cm³/mol. The first-order valence-corrected chi connectivity index (χ1v) is 8.69. The van der Waals surface area contributed by atoms with Gasteiger partial charge in [-0.2, -0.15) is 0 Å². The highest BCUT2D eigenvalue weighted by Crippen LogP contribution is 2.24. The molecule has 118 valence electrons. The molecule has 1 aromatic heterocycles. The molecule has 5 nitrogen and oxygen atoms in total. The summed E-state index contributed by atoms with van der Waals surface area (Å²) in [4.78, 5) is 12.1. The number of nitrogens with zero attached hydrogens (tertiary/aromatic N) is 2. The summed E-state index contributed by atoms with van der Waals surface area (Å²) in [5.74, 6) is 1.62. The van der Waals surface area contributed by atoms with E-state index in [2.05, 4.69) is 41.6 Å². The summed E-state index contributed by atoms with van der Waals surface area (Å²) in [5, 5.41) is 16.1. The third kappa shape index (κ3) is 5.36. The second kappa shape index (κ2) is 7.84. The summed E-state index contributed by atoms with van der Waals surface area (Å²) in [7, 11) is 0. The number of carbonyl (C=O) groups excluding carboxylic acids is 1. The van der Waals surface area contributed by atoms with Gasteiger partial charge in [-0.25, -0.2) is 0 Å². The van der Waals surface area contributed by atoms with E-state index in [1.54, 1.807) is 0 Å². The minimum absolute atomic E-state index is 0.0559. The molecule has 2 unspecified atom stereocenters. The monoisotopic (exact) mass is 310 g/mol. The van der Waals surface area contributed by atoms with Gasteiger partial charge in [0.1, 0.15) is 5.01 Å². The van der Waals surface area contributed by atoms with Crippen LogP contribution in [0.3, 0.4) is 0 Å². The molecule has 2 rings (SSSR count). The van der Waals surface area contributed by atoms with Gasteiger partial charge >= 0.3 is 0 Å². The second-order valence-corrected chi connectivity index (χ2v) is 7.50. The van der Waals surface area contributed by atoms with Crippen LogP contribution in [0.5, 0.6) is 0 Å². The number of hydrogen-bond acceptors (Lipinski definition) is 5. The molecule has 1 aromatic rings. The number of hydrogen-bond donors (Lipinski definition) is 2. The van der Waals surface area contributed by atoms with Crippen LogP contribution in [0.4, 0.5) is 5.13 Å². The van der Waals surface area contributed by atoms with E-state index in [1.165, 1.54) is 24.2 Å². The standard InChI is InChI=1S/C15H26N4OS/c1-10(2)7-14-18-19-15(21-14)17-13(20)8-11(3)12-5-4-6-16-9-12/h10-12,16H,4-9H2,1-3H3,(H,17,19,20). The Kier molecular flexibility index (Phi) is 6.11. The quantitative estimate of drug-likeness (QED) is 0.848. The van der Waals surface area contributed by atoms with Crippen LogP contribution < -0.4 is 10.6 Å². The molecule has 2 heterocycles. The van der Waals surface area contributed by atoms with E-state index in [1.807, 2.05) is 0 Å². The average molecular weight is 310 g/mol. The Balaban J connectivity index is 1.79. The van der Waals surface area contributed by atoms with Crippen molar-refractivity contribution < 1.29 is 4.79 Å². The maximum atomic E-state index is 12.1. The number of rotatable bonds is 6. The maximum Gasteiger partial charge on any atom is 0.226 e. The van der Waals surface area contributed by atoms with Gasteiger partial charge in [0.2, 0.25) is 11.0 Å². The molecule has 1 aliphatic heterocycles. The molecule has 0 bridgehead atoms. The zero-order chi connectivity index (χ0) is 15.2. The summed E-state index contributed by atoms with van der Waals surface area (Å²) in [6.45, 7) is 8.62. The minimum atomic E-state index is 0.0559. The largest absolute Gasteiger partial charge is 0.316 e. The number of amides is 1. The van der Waals surface area contributed by atoms with Gasteiger partial charge in [-0.15, -0.1) is 10.2 Å². The van der Waals surface area contributed by atoms with Crippen molar-refractivity contribution in [1.29, 1.82) is 0 Å². The van der Waals surface area contributed by atoms with Crippen LogP contribution in [0.2, 0.25) is 0 Å². The van der Waals surface area contributed by atoms with Gasteiger partial charge in [-0.1, -0.05) is 32.1 Å². The summed E-state index contributed by atoms with van der Waals surface area (Å²) in [6.07, 6.45) is 3.91. The summed E-state index contributed by atoms with van der Waals surface area (Å²) in [6, 6.07) is 0. The van der Waals surface area contributed by atoms with Crippen molar-refractivity contribution in [1.82, 2.24) is 15.5 Å². The van der Waals surface area contributed by atoms with Crippen LogP contribution >= 0.6 is 11.3 Å². The van der Waals surface area contributed by atoms with E-state index in [9.17, 15) is 4.79 Å². The molecule has 0 aromatic carbocycles. The molecule has 2 atom stereocenters. The fourth-order valence-electron chi connectivity index (χ4n) is 2.73. The Morgan fingerprint density at radius 2 is 2.24 bits per heavy atom. The highest BCUT2D eigenvalue weighted by Gasteiger charge is 2.22. The number of aromatic nitrogens is 2. The van der Waals surface area contributed by atoms with Crippen molar-refractivity contribution in [3.8, 4) is 0 Å². The van der Waals surface area contributed by atoms with E-state index in [0.717, 1.165) is 24.5 Å².